The summed E-state index contributed by atoms with van der Waals surface area (Å²) < 4.78 is 37.5. The van der Waals surface area contributed by atoms with Gasteiger partial charge in [-0.05, 0) is 31.5 Å². The topological polar surface area (TPSA) is 89.1 Å². The van der Waals surface area contributed by atoms with E-state index in [0.29, 0.717) is 11.1 Å². The molecule has 0 fully saturated rings. The summed E-state index contributed by atoms with van der Waals surface area (Å²) in [6.45, 7) is 3.14. The van der Waals surface area contributed by atoms with Crippen LogP contribution in [0.15, 0.2) is 18.3 Å². The summed E-state index contributed by atoms with van der Waals surface area (Å²) >= 11 is 0. The van der Waals surface area contributed by atoms with Gasteiger partial charge in [0, 0.05) is 23.0 Å². The van der Waals surface area contributed by atoms with Crippen LogP contribution in [0.5, 0.6) is 0 Å². The molecular formula is C14H12F3N3O2. The van der Waals surface area contributed by atoms with Crippen molar-refractivity contribution in [2.45, 2.75) is 20.0 Å². The molecule has 2 heterocycles. The lowest BCUT2D eigenvalue weighted by atomic mass is 10.0. The minimum Gasteiger partial charge on any atom is -0.477 e. The van der Waals surface area contributed by atoms with E-state index in [1.807, 2.05) is 0 Å². The van der Waals surface area contributed by atoms with Gasteiger partial charge < -0.3 is 10.8 Å². The number of aromatic nitrogens is 2. The third-order valence-corrected chi connectivity index (χ3v) is 3.27. The van der Waals surface area contributed by atoms with Gasteiger partial charge in [-0.15, -0.1) is 0 Å². The maximum absolute atomic E-state index is 12.5. The summed E-state index contributed by atoms with van der Waals surface area (Å²) in [6, 6.07) is 2.00. The fourth-order valence-corrected chi connectivity index (χ4v) is 2.01. The average Bonchev–Trinajstić information content (AvgIpc) is 2.44. The van der Waals surface area contributed by atoms with Crippen LogP contribution in [0.1, 0.15) is 27.3 Å². The molecule has 0 saturated carbocycles. The van der Waals surface area contributed by atoms with Crippen LogP contribution in [-0.2, 0) is 6.18 Å². The number of carboxylic acids is 1. The monoisotopic (exact) mass is 311 g/mol. The van der Waals surface area contributed by atoms with Crippen LogP contribution < -0.4 is 5.73 Å². The number of pyridine rings is 2. The molecule has 0 aliphatic rings. The molecule has 0 aromatic carbocycles. The molecule has 0 radical (unpaired) electrons. The Balaban J connectivity index is 2.60. The number of anilines is 1. The second-order valence-electron chi connectivity index (χ2n) is 4.71. The second-order valence-corrected chi connectivity index (χ2v) is 4.71. The molecular weight excluding hydrogens is 299 g/mol. The molecule has 3 N–H and O–H groups in total. The molecule has 0 unspecified atom stereocenters. The quantitative estimate of drug-likeness (QED) is 0.889. The van der Waals surface area contributed by atoms with Gasteiger partial charge in [-0.1, -0.05) is 0 Å². The Kier molecular flexibility index (Phi) is 3.78. The second kappa shape index (κ2) is 5.28. The van der Waals surface area contributed by atoms with E-state index < -0.39 is 17.8 Å². The molecule has 2 aromatic rings. The summed E-state index contributed by atoms with van der Waals surface area (Å²) in [5.74, 6) is -1.26. The number of hydrogen-bond donors (Lipinski definition) is 2. The van der Waals surface area contributed by atoms with Crippen LogP contribution in [0.2, 0.25) is 0 Å². The fourth-order valence-electron chi connectivity index (χ4n) is 2.01. The summed E-state index contributed by atoms with van der Waals surface area (Å²) in [5.41, 5.74) is 6.08. The van der Waals surface area contributed by atoms with Crippen molar-refractivity contribution in [3.63, 3.8) is 0 Å². The van der Waals surface area contributed by atoms with Crippen molar-refractivity contribution in [2.75, 3.05) is 5.73 Å². The standard InChI is InChI=1S/C14H12F3N3O2/c1-6-10(18)7(2)12(13(21)22)20-11(6)8-3-4-9(19-5-8)14(15,16)17/h3-5H,1-2H3,(H2,18,20)(H,21,22). The summed E-state index contributed by atoms with van der Waals surface area (Å²) in [5, 5.41) is 9.12. The largest absolute Gasteiger partial charge is 0.477 e. The maximum Gasteiger partial charge on any atom is 0.433 e. The third-order valence-electron chi connectivity index (χ3n) is 3.27. The number of carboxylic acid groups (broad SMARTS) is 1. The Morgan fingerprint density at radius 1 is 1.23 bits per heavy atom. The lowest BCUT2D eigenvalue weighted by Gasteiger charge is -2.13. The van der Waals surface area contributed by atoms with Gasteiger partial charge in [-0.25, -0.2) is 9.78 Å². The number of halogens is 3. The molecule has 0 saturated heterocycles. The zero-order valence-electron chi connectivity index (χ0n) is 11.7. The third kappa shape index (κ3) is 2.72. The number of nitrogen functional groups attached to an aromatic ring is 1. The number of aromatic carboxylic acids is 1. The van der Waals surface area contributed by atoms with Gasteiger partial charge in [0.1, 0.15) is 5.69 Å². The van der Waals surface area contributed by atoms with E-state index >= 15 is 0 Å². The van der Waals surface area contributed by atoms with Crippen molar-refractivity contribution in [3.05, 3.63) is 40.8 Å². The Hall–Kier alpha value is -2.64. The number of nitrogens with zero attached hydrogens (tertiary/aromatic N) is 2. The highest BCUT2D eigenvalue weighted by Gasteiger charge is 2.32. The minimum atomic E-state index is -4.54. The molecule has 0 spiro atoms. The van der Waals surface area contributed by atoms with Gasteiger partial charge in [-0.2, -0.15) is 13.2 Å². The normalized spacial score (nSPS) is 11.5. The summed E-state index contributed by atoms with van der Waals surface area (Å²) in [6.07, 6.45) is -3.54. The molecule has 8 heteroatoms. The van der Waals surface area contributed by atoms with Crippen LogP contribution in [0.3, 0.4) is 0 Å². The number of carbonyl (C=O) groups is 1. The van der Waals surface area contributed by atoms with Gasteiger partial charge in [0.05, 0.1) is 5.69 Å². The molecule has 0 aliphatic heterocycles. The van der Waals surface area contributed by atoms with E-state index in [2.05, 4.69) is 9.97 Å². The number of alkyl halides is 3. The summed E-state index contributed by atoms with van der Waals surface area (Å²) in [7, 11) is 0. The van der Waals surface area contributed by atoms with Gasteiger partial charge in [-0.3, -0.25) is 4.98 Å². The fraction of sp³-hybridized carbons (Fsp3) is 0.214. The number of hydrogen-bond acceptors (Lipinski definition) is 4. The van der Waals surface area contributed by atoms with Crippen LogP contribution in [0.4, 0.5) is 18.9 Å². The first-order valence-corrected chi connectivity index (χ1v) is 6.16. The number of nitrogens with two attached hydrogens (primary N) is 1. The zero-order chi connectivity index (χ0) is 16.7. The zero-order valence-corrected chi connectivity index (χ0v) is 11.7. The Morgan fingerprint density at radius 2 is 1.86 bits per heavy atom. The Labute approximate surface area is 123 Å². The van der Waals surface area contributed by atoms with E-state index in [4.69, 9.17) is 10.8 Å². The average molecular weight is 311 g/mol. The molecule has 22 heavy (non-hydrogen) atoms. The molecule has 5 nitrogen and oxygen atoms in total. The summed E-state index contributed by atoms with van der Waals surface area (Å²) in [4.78, 5) is 18.5. The van der Waals surface area contributed by atoms with Gasteiger partial charge in [0.25, 0.3) is 0 Å². The van der Waals surface area contributed by atoms with Crippen molar-refractivity contribution in [3.8, 4) is 11.3 Å². The predicted molar refractivity (Wildman–Crippen MR) is 73.3 cm³/mol. The molecule has 0 aliphatic carbocycles. The predicted octanol–water partition coefficient (Wildman–Crippen LogP) is 3.06. The lowest BCUT2D eigenvalue weighted by molar-refractivity contribution is -0.141. The molecule has 116 valence electrons. The van der Waals surface area contributed by atoms with E-state index in [0.717, 1.165) is 12.3 Å². The Bertz CT molecular complexity index is 740. The molecule has 0 amide bonds. The highest BCUT2D eigenvalue weighted by atomic mass is 19.4. The van der Waals surface area contributed by atoms with Crippen molar-refractivity contribution in [1.29, 1.82) is 0 Å². The van der Waals surface area contributed by atoms with Crippen LogP contribution in [0, 0.1) is 13.8 Å². The van der Waals surface area contributed by atoms with Gasteiger partial charge in [0.2, 0.25) is 0 Å². The van der Waals surface area contributed by atoms with Crippen molar-refractivity contribution in [2.24, 2.45) is 0 Å². The van der Waals surface area contributed by atoms with E-state index in [1.165, 1.54) is 13.0 Å². The maximum atomic E-state index is 12.5. The minimum absolute atomic E-state index is 0.196. The number of rotatable bonds is 2. The highest BCUT2D eigenvalue weighted by Crippen LogP contribution is 2.31. The highest BCUT2D eigenvalue weighted by molar-refractivity contribution is 5.91. The Morgan fingerprint density at radius 3 is 2.32 bits per heavy atom. The smallest absolute Gasteiger partial charge is 0.433 e. The van der Waals surface area contributed by atoms with Crippen molar-refractivity contribution >= 4 is 11.7 Å². The first kappa shape index (κ1) is 15.7. The van der Waals surface area contributed by atoms with Crippen LogP contribution in [-0.4, -0.2) is 21.0 Å². The van der Waals surface area contributed by atoms with Crippen molar-refractivity contribution in [1.82, 2.24) is 9.97 Å². The lowest BCUT2D eigenvalue weighted by Crippen LogP contribution is -2.10. The van der Waals surface area contributed by atoms with Gasteiger partial charge >= 0.3 is 12.1 Å². The van der Waals surface area contributed by atoms with Crippen molar-refractivity contribution < 1.29 is 23.1 Å². The SMILES string of the molecule is Cc1c(C(=O)O)nc(-c2ccc(C(F)(F)F)nc2)c(C)c1N. The first-order valence-electron chi connectivity index (χ1n) is 6.16. The first-order chi connectivity index (χ1) is 10.1. The van der Waals surface area contributed by atoms with Crippen LogP contribution in [0.25, 0.3) is 11.3 Å². The van der Waals surface area contributed by atoms with Gasteiger partial charge in [0.15, 0.2) is 5.69 Å². The molecule has 2 rings (SSSR count). The molecule has 0 bridgehead atoms. The van der Waals surface area contributed by atoms with E-state index in [9.17, 15) is 18.0 Å². The van der Waals surface area contributed by atoms with E-state index in [1.54, 1.807) is 6.92 Å². The molecule has 2 aromatic heterocycles. The van der Waals surface area contributed by atoms with E-state index in [-0.39, 0.29) is 22.6 Å². The molecule has 0 atom stereocenters. The van der Waals surface area contributed by atoms with Crippen LogP contribution >= 0.6 is 0 Å².